The number of amides is 1. The maximum atomic E-state index is 13.6. The van der Waals surface area contributed by atoms with E-state index in [1.807, 2.05) is 31.2 Å². The van der Waals surface area contributed by atoms with Gasteiger partial charge >= 0.3 is 0 Å². The van der Waals surface area contributed by atoms with Crippen LogP contribution in [-0.2, 0) is 6.54 Å². The second-order valence-corrected chi connectivity index (χ2v) is 8.62. The van der Waals surface area contributed by atoms with Crippen LogP contribution in [0.5, 0.6) is 0 Å². The molecule has 6 nitrogen and oxygen atoms in total. The molecule has 8 heteroatoms. The standard InChI is InChI=1S/C24H16ClN3O3S/c1-14-17(25)9-10-21-22(14)27-24(32-21)28(13-15-6-4-5-11-26-15)23(30)20-12-18(29)16-7-2-3-8-19(16)31-20/h2-12H,13H2,1H3. The van der Waals surface area contributed by atoms with E-state index in [0.717, 1.165) is 15.8 Å². The van der Waals surface area contributed by atoms with Crippen molar-refractivity contribution >= 4 is 55.2 Å². The number of rotatable bonds is 4. The molecule has 0 atom stereocenters. The molecule has 32 heavy (non-hydrogen) atoms. The van der Waals surface area contributed by atoms with Crippen molar-refractivity contribution < 1.29 is 9.21 Å². The van der Waals surface area contributed by atoms with Crippen molar-refractivity contribution in [1.29, 1.82) is 0 Å². The third-order valence-electron chi connectivity index (χ3n) is 5.10. The van der Waals surface area contributed by atoms with Crippen LogP contribution in [0.1, 0.15) is 21.8 Å². The Morgan fingerprint density at radius 1 is 1.12 bits per heavy atom. The molecule has 0 saturated carbocycles. The van der Waals surface area contributed by atoms with E-state index in [1.165, 1.54) is 22.3 Å². The van der Waals surface area contributed by atoms with Crippen LogP contribution < -0.4 is 10.3 Å². The molecule has 0 fully saturated rings. The highest BCUT2D eigenvalue weighted by Crippen LogP contribution is 2.34. The molecule has 0 spiro atoms. The number of nitrogens with zero attached hydrogens (tertiary/aromatic N) is 3. The van der Waals surface area contributed by atoms with Crippen LogP contribution in [0.4, 0.5) is 5.13 Å². The van der Waals surface area contributed by atoms with Crippen molar-refractivity contribution in [2.75, 3.05) is 4.90 Å². The Morgan fingerprint density at radius 2 is 1.94 bits per heavy atom. The van der Waals surface area contributed by atoms with E-state index in [1.54, 1.807) is 36.5 Å². The van der Waals surface area contributed by atoms with Crippen LogP contribution in [0.2, 0.25) is 5.02 Å². The fourth-order valence-electron chi connectivity index (χ4n) is 3.43. The molecule has 0 bridgehead atoms. The molecule has 0 radical (unpaired) electrons. The summed E-state index contributed by atoms with van der Waals surface area (Å²) in [7, 11) is 0. The van der Waals surface area contributed by atoms with Gasteiger partial charge in [0.15, 0.2) is 16.3 Å². The minimum Gasteiger partial charge on any atom is -0.451 e. The fourth-order valence-corrected chi connectivity index (χ4v) is 4.60. The maximum Gasteiger partial charge on any atom is 0.296 e. The lowest BCUT2D eigenvalue weighted by Crippen LogP contribution is -2.31. The van der Waals surface area contributed by atoms with Gasteiger partial charge in [-0.2, -0.15) is 0 Å². The van der Waals surface area contributed by atoms with Gasteiger partial charge in [-0.05, 0) is 48.9 Å². The van der Waals surface area contributed by atoms with E-state index in [4.69, 9.17) is 21.0 Å². The Hall–Kier alpha value is -3.55. The molecule has 5 aromatic rings. The number of anilines is 1. The van der Waals surface area contributed by atoms with Gasteiger partial charge in [0.25, 0.3) is 5.91 Å². The SMILES string of the molecule is Cc1c(Cl)ccc2sc(N(Cc3ccccn3)C(=O)c3cc(=O)c4ccccc4o3)nc12. The molecule has 0 aliphatic carbocycles. The highest BCUT2D eigenvalue weighted by atomic mass is 35.5. The number of hydrogen-bond acceptors (Lipinski definition) is 6. The molecule has 3 aromatic heterocycles. The van der Waals surface area contributed by atoms with Crippen molar-refractivity contribution in [3.63, 3.8) is 0 Å². The van der Waals surface area contributed by atoms with Crippen molar-refractivity contribution in [2.45, 2.75) is 13.5 Å². The van der Waals surface area contributed by atoms with Crippen molar-refractivity contribution in [3.05, 3.63) is 99.1 Å². The summed E-state index contributed by atoms with van der Waals surface area (Å²) in [6, 6.07) is 17.2. The highest BCUT2D eigenvalue weighted by Gasteiger charge is 2.25. The van der Waals surface area contributed by atoms with Gasteiger partial charge in [-0.25, -0.2) is 4.98 Å². The molecule has 3 heterocycles. The van der Waals surface area contributed by atoms with E-state index in [2.05, 4.69) is 4.98 Å². The van der Waals surface area contributed by atoms with Gasteiger partial charge in [0, 0.05) is 17.3 Å². The lowest BCUT2D eigenvalue weighted by molar-refractivity contribution is 0.0958. The predicted molar refractivity (Wildman–Crippen MR) is 127 cm³/mol. The first-order valence-corrected chi connectivity index (χ1v) is 11.0. The largest absolute Gasteiger partial charge is 0.451 e. The van der Waals surface area contributed by atoms with Gasteiger partial charge in [0.2, 0.25) is 0 Å². The summed E-state index contributed by atoms with van der Waals surface area (Å²) in [5.74, 6) is -0.528. The molecule has 0 N–H and O–H groups in total. The predicted octanol–water partition coefficient (Wildman–Crippen LogP) is 5.61. The number of carbonyl (C=O) groups is 1. The first kappa shape index (κ1) is 20.4. The normalized spacial score (nSPS) is 11.2. The van der Waals surface area contributed by atoms with Crippen molar-refractivity contribution in [1.82, 2.24) is 9.97 Å². The molecule has 2 aromatic carbocycles. The highest BCUT2D eigenvalue weighted by molar-refractivity contribution is 7.22. The Morgan fingerprint density at radius 3 is 2.75 bits per heavy atom. The lowest BCUT2D eigenvalue weighted by Gasteiger charge is -2.19. The summed E-state index contributed by atoms with van der Waals surface area (Å²) in [5, 5.41) is 1.50. The zero-order valence-corrected chi connectivity index (χ0v) is 18.5. The summed E-state index contributed by atoms with van der Waals surface area (Å²) in [4.78, 5) is 36.7. The number of pyridine rings is 1. The van der Waals surface area contributed by atoms with E-state index < -0.39 is 5.91 Å². The zero-order chi connectivity index (χ0) is 22.2. The monoisotopic (exact) mass is 461 g/mol. The summed E-state index contributed by atoms with van der Waals surface area (Å²) in [6.45, 7) is 2.06. The number of benzene rings is 2. The third kappa shape index (κ3) is 3.66. The summed E-state index contributed by atoms with van der Waals surface area (Å²) < 4.78 is 6.71. The third-order valence-corrected chi connectivity index (χ3v) is 6.56. The molecular formula is C24H16ClN3O3S. The molecule has 1 amide bonds. The second kappa shape index (κ2) is 8.18. The molecular weight excluding hydrogens is 446 g/mol. The number of halogens is 1. The number of thiazole rings is 1. The molecule has 0 unspecified atom stereocenters. The van der Waals surface area contributed by atoms with E-state index >= 15 is 0 Å². The van der Waals surface area contributed by atoms with Gasteiger partial charge in [0.1, 0.15) is 5.58 Å². The minimum absolute atomic E-state index is 0.0568. The van der Waals surface area contributed by atoms with Gasteiger partial charge < -0.3 is 4.42 Å². The number of aromatic nitrogens is 2. The fraction of sp³-hybridized carbons (Fsp3) is 0.0833. The van der Waals surface area contributed by atoms with E-state index in [0.29, 0.717) is 26.8 Å². The summed E-state index contributed by atoms with van der Waals surface area (Å²) in [6.07, 6.45) is 1.66. The average Bonchev–Trinajstić information content (AvgIpc) is 3.25. The quantitative estimate of drug-likeness (QED) is 0.348. The summed E-state index contributed by atoms with van der Waals surface area (Å²) >= 11 is 7.63. The van der Waals surface area contributed by atoms with Crippen molar-refractivity contribution in [3.8, 4) is 0 Å². The molecule has 0 aliphatic rings. The number of carbonyl (C=O) groups excluding carboxylic acids is 1. The second-order valence-electron chi connectivity index (χ2n) is 7.20. The molecule has 0 saturated heterocycles. The zero-order valence-electron chi connectivity index (χ0n) is 16.9. The first-order valence-electron chi connectivity index (χ1n) is 9.81. The summed E-state index contributed by atoms with van der Waals surface area (Å²) in [5.41, 5.74) is 2.33. The molecule has 5 rings (SSSR count). The topological polar surface area (TPSA) is 76.3 Å². The van der Waals surface area contributed by atoms with E-state index in [-0.39, 0.29) is 17.7 Å². The first-order chi connectivity index (χ1) is 15.5. The smallest absolute Gasteiger partial charge is 0.296 e. The maximum absolute atomic E-state index is 13.6. The van der Waals surface area contributed by atoms with Crippen LogP contribution in [0, 0.1) is 6.92 Å². The van der Waals surface area contributed by atoms with Gasteiger partial charge in [-0.3, -0.25) is 19.5 Å². The van der Waals surface area contributed by atoms with Crippen LogP contribution in [0.3, 0.4) is 0 Å². The van der Waals surface area contributed by atoms with Crippen LogP contribution in [-0.4, -0.2) is 15.9 Å². The van der Waals surface area contributed by atoms with E-state index in [9.17, 15) is 9.59 Å². The Kier molecular flexibility index (Phi) is 5.20. The number of fused-ring (bicyclic) bond motifs is 2. The van der Waals surface area contributed by atoms with Crippen molar-refractivity contribution in [2.24, 2.45) is 0 Å². The number of hydrogen-bond donors (Lipinski definition) is 0. The minimum atomic E-state index is -0.471. The Balaban J connectivity index is 1.64. The van der Waals surface area contributed by atoms with Crippen LogP contribution >= 0.6 is 22.9 Å². The number of para-hydroxylation sites is 1. The number of aryl methyl sites for hydroxylation is 1. The van der Waals surface area contributed by atoms with Gasteiger partial charge in [-0.15, -0.1) is 0 Å². The van der Waals surface area contributed by atoms with Gasteiger partial charge in [-0.1, -0.05) is 41.1 Å². The Labute approximate surface area is 191 Å². The Bertz CT molecular complexity index is 1530. The molecule has 158 valence electrons. The van der Waals surface area contributed by atoms with Gasteiger partial charge in [0.05, 0.1) is 27.8 Å². The average molecular weight is 462 g/mol. The van der Waals surface area contributed by atoms with Crippen LogP contribution in [0.25, 0.3) is 21.2 Å². The lowest BCUT2D eigenvalue weighted by atomic mass is 10.2. The van der Waals surface area contributed by atoms with Crippen LogP contribution in [0.15, 0.2) is 76.1 Å². The molecule has 0 aliphatic heterocycles.